The number of thioether (sulfide) groups is 2. The van der Waals surface area contributed by atoms with Crippen LogP contribution in [0.25, 0.3) is 22.4 Å². The first-order valence-corrected chi connectivity index (χ1v) is 11.1. The fourth-order valence-corrected chi connectivity index (χ4v) is 4.85. The Morgan fingerprint density at radius 3 is 2.59 bits per heavy atom. The molecule has 0 fully saturated rings. The number of aromatic nitrogens is 2. The van der Waals surface area contributed by atoms with Crippen molar-refractivity contribution in [3.05, 3.63) is 66.5 Å². The van der Waals surface area contributed by atoms with E-state index in [1.54, 1.807) is 18.0 Å². The highest BCUT2D eigenvalue weighted by atomic mass is 32.2. The van der Waals surface area contributed by atoms with Gasteiger partial charge in [0.1, 0.15) is 11.1 Å². The zero-order valence-electron chi connectivity index (χ0n) is 15.3. The minimum atomic E-state index is 0.648. The quantitative estimate of drug-likeness (QED) is 0.257. The normalized spacial score (nSPS) is 10.5. The van der Waals surface area contributed by atoms with Gasteiger partial charge in [0.25, 0.3) is 0 Å². The molecule has 136 valence electrons. The van der Waals surface area contributed by atoms with Crippen LogP contribution in [0.5, 0.6) is 0 Å². The smallest absolute Gasteiger partial charge is 0.116 e. The van der Waals surface area contributed by atoms with Crippen molar-refractivity contribution in [3.63, 3.8) is 0 Å². The highest BCUT2D eigenvalue weighted by molar-refractivity contribution is 8.15. The van der Waals surface area contributed by atoms with Gasteiger partial charge in [0.05, 0.1) is 11.3 Å². The Balaban J connectivity index is 2.01. The van der Waals surface area contributed by atoms with Crippen molar-refractivity contribution in [1.29, 1.82) is 5.26 Å². The van der Waals surface area contributed by atoms with Crippen LogP contribution in [0, 0.1) is 11.3 Å². The maximum absolute atomic E-state index is 9.84. The molecule has 0 unspecified atom stereocenters. The predicted molar refractivity (Wildman–Crippen MR) is 116 cm³/mol. The molecule has 3 nitrogen and oxygen atoms in total. The van der Waals surface area contributed by atoms with E-state index in [1.807, 2.05) is 66.5 Å². The summed E-state index contributed by atoms with van der Waals surface area (Å²) >= 11 is 3.55. The van der Waals surface area contributed by atoms with Crippen molar-refractivity contribution >= 4 is 23.5 Å². The summed E-state index contributed by atoms with van der Waals surface area (Å²) in [5.74, 6) is 1.14. The summed E-state index contributed by atoms with van der Waals surface area (Å²) in [6, 6.07) is 18.3. The lowest BCUT2D eigenvalue weighted by atomic mass is 10.00. The summed E-state index contributed by atoms with van der Waals surface area (Å²) in [5.41, 5.74) is 4.41. The summed E-state index contributed by atoms with van der Waals surface area (Å²) in [6.07, 6.45) is 5.99. The van der Waals surface area contributed by atoms with Gasteiger partial charge in [-0.25, -0.2) is 4.98 Å². The van der Waals surface area contributed by atoms with E-state index < -0.39 is 0 Å². The molecule has 0 amide bonds. The molecule has 0 aliphatic carbocycles. The zero-order valence-corrected chi connectivity index (χ0v) is 16.9. The molecular formula is C22H21N3S2. The summed E-state index contributed by atoms with van der Waals surface area (Å²) < 4.78 is 0. The Morgan fingerprint density at radius 1 is 1.07 bits per heavy atom. The SMILES string of the molecule is CCCCSCSc1nc(-c2cccnc2)cc(-c2ccccc2)c1C#N. The zero-order chi connectivity index (χ0) is 18.9. The monoisotopic (exact) mass is 391 g/mol. The van der Waals surface area contributed by atoms with Crippen molar-refractivity contribution in [2.45, 2.75) is 24.8 Å². The number of unbranched alkanes of at least 4 members (excludes halogenated alkanes) is 1. The second-order valence-corrected chi connectivity index (χ2v) is 8.41. The predicted octanol–water partition coefficient (Wildman–Crippen LogP) is 6.27. The van der Waals surface area contributed by atoms with E-state index in [0.29, 0.717) is 5.56 Å². The van der Waals surface area contributed by atoms with Crippen LogP contribution in [0.1, 0.15) is 25.3 Å². The van der Waals surface area contributed by atoms with Gasteiger partial charge in [-0.3, -0.25) is 4.98 Å². The summed E-state index contributed by atoms with van der Waals surface area (Å²) in [4.78, 5) is 9.02. The Labute approximate surface area is 169 Å². The second-order valence-electron chi connectivity index (χ2n) is 5.98. The number of hydrogen-bond acceptors (Lipinski definition) is 5. The lowest BCUT2D eigenvalue weighted by Gasteiger charge is -2.12. The van der Waals surface area contributed by atoms with Crippen LogP contribution < -0.4 is 0 Å². The number of benzene rings is 1. The average Bonchev–Trinajstić information content (AvgIpc) is 2.74. The van der Waals surface area contributed by atoms with Gasteiger partial charge in [0.15, 0.2) is 0 Å². The summed E-state index contributed by atoms with van der Waals surface area (Å²) in [5, 5.41) is 11.5. The van der Waals surface area contributed by atoms with Gasteiger partial charge in [0, 0.05) is 28.6 Å². The van der Waals surface area contributed by atoms with Crippen LogP contribution in [0.4, 0.5) is 0 Å². The van der Waals surface area contributed by atoms with E-state index in [-0.39, 0.29) is 0 Å². The molecule has 0 aliphatic heterocycles. The van der Waals surface area contributed by atoms with E-state index >= 15 is 0 Å². The van der Waals surface area contributed by atoms with Crippen molar-refractivity contribution in [1.82, 2.24) is 9.97 Å². The third-order valence-corrected chi connectivity index (χ3v) is 6.35. The van der Waals surface area contributed by atoms with Gasteiger partial charge in [0.2, 0.25) is 0 Å². The van der Waals surface area contributed by atoms with E-state index in [2.05, 4.69) is 18.0 Å². The van der Waals surface area contributed by atoms with Gasteiger partial charge in [-0.05, 0) is 35.9 Å². The van der Waals surface area contributed by atoms with Gasteiger partial charge < -0.3 is 0 Å². The van der Waals surface area contributed by atoms with Crippen molar-refractivity contribution in [3.8, 4) is 28.5 Å². The van der Waals surface area contributed by atoms with Gasteiger partial charge >= 0.3 is 0 Å². The third kappa shape index (κ3) is 5.12. The van der Waals surface area contributed by atoms with Crippen molar-refractivity contribution in [2.75, 3.05) is 10.8 Å². The van der Waals surface area contributed by atoms with Crippen LogP contribution in [0.3, 0.4) is 0 Å². The van der Waals surface area contributed by atoms with E-state index in [1.165, 1.54) is 12.8 Å². The molecule has 2 aromatic heterocycles. The summed E-state index contributed by atoms with van der Waals surface area (Å²) in [7, 11) is 0. The molecule has 0 spiro atoms. The molecule has 3 aromatic rings. The lowest BCUT2D eigenvalue weighted by molar-refractivity contribution is 0.897. The molecule has 0 saturated carbocycles. The van der Waals surface area contributed by atoms with Crippen molar-refractivity contribution in [2.24, 2.45) is 0 Å². The average molecular weight is 392 g/mol. The van der Waals surface area contributed by atoms with Crippen LogP contribution in [-0.2, 0) is 0 Å². The Kier molecular flexibility index (Phi) is 7.32. The number of nitriles is 1. The highest BCUT2D eigenvalue weighted by Crippen LogP contribution is 2.35. The molecule has 2 heterocycles. The minimum absolute atomic E-state index is 0.648. The highest BCUT2D eigenvalue weighted by Gasteiger charge is 2.15. The third-order valence-electron chi connectivity index (χ3n) is 4.06. The molecule has 0 atom stereocenters. The van der Waals surface area contributed by atoms with Gasteiger partial charge in [-0.15, -0.1) is 0 Å². The molecule has 1 aromatic carbocycles. The summed E-state index contributed by atoms with van der Waals surface area (Å²) in [6.45, 7) is 2.20. The molecular weight excluding hydrogens is 370 g/mol. The van der Waals surface area contributed by atoms with E-state index in [9.17, 15) is 5.26 Å². The number of nitrogens with zero attached hydrogens (tertiary/aromatic N) is 3. The maximum Gasteiger partial charge on any atom is 0.116 e. The molecule has 3 rings (SSSR count). The fourth-order valence-electron chi connectivity index (χ4n) is 2.64. The van der Waals surface area contributed by atoms with Crippen LogP contribution >= 0.6 is 23.5 Å². The maximum atomic E-state index is 9.84. The first-order chi connectivity index (χ1) is 13.3. The minimum Gasteiger partial charge on any atom is -0.264 e. The molecule has 0 radical (unpaired) electrons. The fraction of sp³-hybridized carbons (Fsp3) is 0.227. The van der Waals surface area contributed by atoms with Crippen molar-refractivity contribution < 1.29 is 0 Å². The standard InChI is InChI=1S/C22H21N3S2/c1-2-3-12-26-16-27-22-20(14-23)19(17-8-5-4-6-9-17)13-21(25-22)18-10-7-11-24-15-18/h4-11,13,15H,2-3,12,16H2,1H3. The Bertz CT molecular complexity index is 906. The van der Waals surface area contributed by atoms with Crippen LogP contribution in [0.15, 0.2) is 66.0 Å². The molecule has 0 aliphatic rings. The Morgan fingerprint density at radius 2 is 1.89 bits per heavy atom. The molecule has 0 bridgehead atoms. The molecule has 0 N–H and O–H groups in total. The lowest BCUT2D eigenvalue weighted by Crippen LogP contribution is -1.96. The number of hydrogen-bond donors (Lipinski definition) is 0. The Hall–Kier alpha value is -2.29. The van der Waals surface area contributed by atoms with Gasteiger partial charge in [-0.2, -0.15) is 17.0 Å². The number of rotatable bonds is 8. The molecule has 5 heteroatoms. The second kappa shape index (κ2) is 10.1. The first kappa shape index (κ1) is 19.5. The van der Waals surface area contributed by atoms with Gasteiger partial charge in [-0.1, -0.05) is 55.4 Å². The van der Waals surface area contributed by atoms with Crippen LogP contribution in [-0.4, -0.2) is 20.8 Å². The van der Waals surface area contributed by atoms with Crippen LogP contribution in [0.2, 0.25) is 0 Å². The first-order valence-electron chi connectivity index (χ1n) is 8.95. The largest absolute Gasteiger partial charge is 0.264 e. The molecule has 27 heavy (non-hydrogen) atoms. The molecule has 0 saturated heterocycles. The number of pyridine rings is 2. The topological polar surface area (TPSA) is 49.6 Å². The van der Waals surface area contributed by atoms with E-state index in [0.717, 1.165) is 38.2 Å². The van der Waals surface area contributed by atoms with E-state index in [4.69, 9.17) is 4.98 Å².